The molecular formula is C31H34N4O4. The van der Waals surface area contributed by atoms with Crippen molar-refractivity contribution in [2.75, 3.05) is 26.8 Å². The minimum Gasteiger partial charge on any atom is -0.497 e. The Kier molecular flexibility index (Phi) is 7.81. The Morgan fingerprint density at radius 2 is 1.87 bits per heavy atom. The van der Waals surface area contributed by atoms with Crippen LogP contribution >= 0.6 is 0 Å². The first-order valence-corrected chi connectivity index (χ1v) is 13.4. The summed E-state index contributed by atoms with van der Waals surface area (Å²) in [6.45, 7) is 6.00. The maximum absolute atomic E-state index is 13.3. The highest BCUT2D eigenvalue weighted by atomic mass is 16.5. The second-order valence-corrected chi connectivity index (χ2v) is 9.81. The first kappa shape index (κ1) is 26.3. The van der Waals surface area contributed by atoms with Crippen LogP contribution in [0.3, 0.4) is 0 Å². The van der Waals surface area contributed by atoms with Crippen molar-refractivity contribution in [3.8, 4) is 11.5 Å². The van der Waals surface area contributed by atoms with Crippen LogP contribution in [0.1, 0.15) is 63.5 Å². The van der Waals surface area contributed by atoms with Gasteiger partial charge in [-0.2, -0.15) is 0 Å². The highest BCUT2D eigenvalue weighted by Crippen LogP contribution is 2.31. The van der Waals surface area contributed by atoms with E-state index < -0.39 is 0 Å². The zero-order valence-electron chi connectivity index (χ0n) is 22.6. The van der Waals surface area contributed by atoms with Gasteiger partial charge in [0.15, 0.2) is 0 Å². The number of nitrogens with zero attached hydrogens (tertiary/aromatic N) is 2. The summed E-state index contributed by atoms with van der Waals surface area (Å²) >= 11 is 0. The molecule has 0 spiro atoms. The smallest absolute Gasteiger partial charge is 0.270 e. The van der Waals surface area contributed by atoms with Gasteiger partial charge >= 0.3 is 0 Å². The van der Waals surface area contributed by atoms with Crippen LogP contribution in [0.25, 0.3) is 10.9 Å². The first-order valence-electron chi connectivity index (χ1n) is 13.4. The van der Waals surface area contributed by atoms with Crippen LogP contribution in [-0.2, 0) is 6.54 Å². The van der Waals surface area contributed by atoms with Crippen LogP contribution in [0.15, 0.2) is 60.7 Å². The van der Waals surface area contributed by atoms with Crippen molar-refractivity contribution in [3.05, 3.63) is 88.9 Å². The van der Waals surface area contributed by atoms with E-state index in [2.05, 4.69) is 10.3 Å². The minimum absolute atomic E-state index is 0.0215. The third-order valence-corrected chi connectivity index (χ3v) is 7.25. The molecule has 0 unspecified atom stereocenters. The summed E-state index contributed by atoms with van der Waals surface area (Å²) in [7, 11) is 1.63. The summed E-state index contributed by atoms with van der Waals surface area (Å²) < 4.78 is 11.0. The van der Waals surface area contributed by atoms with Crippen molar-refractivity contribution in [1.29, 1.82) is 0 Å². The monoisotopic (exact) mass is 526 g/mol. The third-order valence-electron chi connectivity index (χ3n) is 7.25. The van der Waals surface area contributed by atoms with Crippen molar-refractivity contribution in [2.45, 2.75) is 39.2 Å². The largest absolute Gasteiger partial charge is 0.497 e. The number of ether oxygens (including phenoxy) is 2. The normalized spacial score (nSPS) is 13.9. The van der Waals surface area contributed by atoms with Gasteiger partial charge in [0.1, 0.15) is 17.2 Å². The van der Waals surface area contributed by atoms with Crippen LogP contribution in [0.5, 0.6) is 11.5 Å². The van der Waals surface area contributed by atoms with E-state index in [1.54, 1.807) is 7.11 Å². The van der Waals surface area contributed by atoms with Crippen molar-refractivity contribution in [2.24, 2.45) is 0 Å². The van der Waals surface area contributed by atoms with Crippen LogP contribution in [0.4, 0.5) is 0 Å². The van der Waals surface area contributed by atoms with E-state index in [0.29, 0.717) is 37.5 Å². The van der Waals surface area contributed by atoms with Gasteiger partial charge in [0.25, 0.3) is 11.8 Å². The molecule has 4 aromatic rings. The van der Waals surface area contributed by atoms with E-state index >= 15 is 0 Å². The number of piperidine rings is 1. The van der Waals surface area contributed by atoms with Gasteiger partial charge in [0, 0.05) is 47.7 Å². The summed E-state index contributed by atoms with van der Waals surface area (Å²) in [5, 5.41) is 3.99. The van der Waals surface area contributed by atoms with Gasteiger partial charge in [-0.25, -0.2) is 0 Å². The molecule has 1 aliphatic heterocycles. The first-order chi connectivity index (χ1) is 19.0. The van der Waals surface area contributed by atoms with E-state index in [1.807, 2.05) is 79.4 Å². The number of methoxy groups -OCH3 is 1. The van der Waals surface area contributed by atoms with Crippen molar-refractivity contribution in [3.63, 3.8) is 0 Å². The summed E-state index contributed by atoms with van der Waals surface area (Å²) in [6, 6.07) is 19.0. The Morgan fingerprint density at radius 3 is 2.64 bits per heavy atom. The molecule has 0 radical (unpaired) electrons. The molecule has 202 valence electrons. The van der Waals surface area contributed by atoms with Crippen molar-refractivity contribution >= 4 is 22.7 Å². The van der Waals surface area contributed by atoms with Crippen LogP contribution in [0.2, 0.25) is 0 Å². The maximum atomic E-state index is 13.3. The number of para-hydroxylation sites is 1. The highest BCUT2D eigenvalue weighted by Gasteiger charge is 2.29. The number of pyridine rings is 1. The summed E-state index contributed by atoms with van der Waals surface area (Å²) in [5.74, 6) is 1.44. The lowest BCUT2D eigenvalue weighted by Gasteiger charge is -2.32. The molecular weight excluding hydrogens is 492 g/mol. The average Bonchev–Trinajstić information content (AvgIpc) is 3.40. The van der Waals surface area contributed by atoms with Crippen molar-refractivity contribution < 1.29 is 19.1 Å². The summed E-state index contributed by atoms with van der Waals surface area (Å²) in [6.07, 6.45) is 1.48. The lowest BCUT2D eigenvalue weighted by atomic mass is 9.89. The molecule has 2 N–H and O–H groups in total. The Hall–Kier alpha value is -4.33. The second-order valence-electron chi connectivity index (χ2n) is 9.81. The number of amides is 2. The summed E-state index contributed by atoms with van der Waals surface area (Å²) in [5.41, 5.74) is 4.65. The number of carbonyl (C=O) groups is 2. The van der Waals surface area contributed by atoms with Gasteiger partial charge in [-0.1, -0.05) is 18.2 Å². The molecule has 39 heavy (non-hydrogen) atoms. The van der Waals surface area contributed by atoms with Gasteiger partial charge < -0.3 is 24.7 Å². The Balaban J connectivity index is 1.26. The molecule has 8 heteroatoms. The Morgan fingerprint density at radius 1 is 1.08 bits per heavy atom. The van der Waals surface area contributed by atoms with Gasteiger partial charge in [-0.3, -0.25) is 14.6 Å². The molecule has 3 heterocycles. The van der Waals surface area contributed by atoms with E-state index in [-0.39, 0.29) is 17.7 Å². The molecule has 1 aliphatic rings. The molecule has 1 saturated heterocycles. The highest BCUT2D eigenvalue weighted by molar-refractivity contribution is 5.98. The average molecular weight is 527 g/mol. The molecule has 0 saturated carbocycles. The standard InChI is InChI=1S/C31H34N4O4/c1-4-39-28-8-6-5-7-22(28)19-32-30(36)25-11-9-20(2)33-29(25)21-13-15-35(16-14-21)31(37)27-18-23-17-24(38-3)10-12-26(23)34-27/h5-12,17-18,21,34H,4,13-16,19H2,1-3H3,(H,32,36). The zero-order chi connectivity index (χ0) is 27.4. The predicted molar refractivity (Wildman–Crippen MR) is 150 cm³/mol. The van der Waals surface area contributed by atoms with E-state index in [0.717, 1.165) is 52.2 Å². The van der Waals surface area contributed by atoms with Crippen LogP contribution < -0.4 is 14.8 Å². The topological polar surface area (TPSA) is 96.6 Å². The van der Waals surface area contributed by atoms with Gasteiger partial charge in [-0.05, 0) is 69.2 Å². The number of likely N-dealkylation sites (tertiary alicyclic amines) is 1. The number of hydrogen-bond donors (Lipinski definition) is 2. The fourth-order valence-corrected chi connectivity index (χ4v) is 5.18. The molecule has 2 amide bonds. The number of fused-ring (bicyclic) bond motifs is 1. The predicted octanol–water partition coefficient (Wildman–Crippen LogP) is 5.23. The van der Waals surface area contributed by atoms with Gasteiger partial charge in [0.05, 0.1) is 25.0 Å². The molecule has 2 aromatic carbocycles. The SMILES string of the molecule is CCOc1ccccc1CNC(=O)c1ccc(C)nc1C1CCN(C(=O)c2cc3cc(OC)ccc3[nH]2)CC1. The van der Waals surface area contributed by atoms with Crippen molar-refractivity contribution in [1.82, 2.24) is 20.2 Å². The molecule has 8 nitrogen and oxygen atoms in total. The van der Waals surface area contributed by atoms with Gasteiger partial charge in [-0.15, -0.1) is 0 Å². The number of aromatic nitrogens is 2. The molecule has 0 atom stereocenters. The van der Waals surface area contributed by atoms with Gasteiger partial charge in [0.2, 0.25) is 0 Å². The molecule has 0 bridgehead atoms. The molecule has 5 rings (SSSR count). The number of hydrogen-bond acceptors (Lipinski definition) is 5. The molecule has 1 fully saturated rings. The number of rotatable bonds is 8. The maximum Gasteiger partial charge on any atom is 0.270 e. The number of nitrogens with one attached hydrogen (secondary N) is 2. The number of benzene rings is 2. The third kappa shape index (κ3) is 5.74. The number of carbonyl (C=O) groups excluding carboxylic acids is 2. The number of aromatic amines is 1. The number of H-pyrrole nitrogens is 1. The summed E-state index contributed by atoms with van der Waals surface area (Å²) in [4.78, 5) is 36.4. The fraction of sp³-hybridized carbons (Fsp3) is 0.323. The van der Waals surface area contributed by atoms with Crippen LogP contribution in [0, 0.1) is 6.92 Å². The zero-order valence-corrected chi connectivity index (χ0v) is 22.6. The minimum atomic E-state index is -0.157. The Labute approximate surface area is 228 Å². The van der Waals surface area contributed by atoms with E-state index in [9.17, 15) is 9.59 Å². The quantitative estimate of drug-likeness (QED) is 0.328. The molecule has 0 aliphatic carbocycles. The lowest BCUT2D eigenvalue weighted by Crippen LogP contribution is -2.38. The number of aryl methyl sites for hydroxylation is 1. The fourth-order valence-electron chi connectivity index (χ4n) is 5.18. The van der Waals surface area contributed by atoms with Crippen LogP contribution in [-0.4, -0.2) is 53.5 Å². The Bertz CT molecular complexity index is 1490. The lowest BCUT2D eigenvalue weighted by molar-refractivity contribution is 0.0705. The molecule has 2 aromatic heterocycles. The second kappa shape index (κ2) is 11.6. The van der Waals surface area contributed by atoms with E-state index in [1.165, 1.54) is 0 Å². The van der Waals surface area contributed by atoms with E-state index in [4.69, 9.17) is 14.5 Å².